The molecule has 0 aromatic carbocycles. The fourth-order valence-corrected chi connectivity index (χ4v) is 8.36. The molecule has 72 heavy (non-hydrogen) atoms. The Bertz CT molecular complexity index is 1540. The smallest absolute Gasteiger partial charge is 0.306 e. The van der Waals surface area contributed by atoms with Gasteiger partial charge in [-0.25, -0.2) is 0 Å². The predicted molar refractivity (Wildman–Crippen MR) is 305 cm³/mol. The predicted octanol–water partition coefficient (Wildman–Crippen LogP) is 17.4. The average molecular weight is 1030 g/mol. The van der Waals surface area contributed by atoms with Crippen molar-refractivity contribution in [2.24, 2.45) is 0 Å². The topological polar surface area (TPSA) is 111 Å². The third-order valence-electron chi connectivity index (χ3n) is 12.1. The van der Waals surface area contributed by atoms with E-state index in [0.29, 0.717) is 17.4 Å². The Kier molecular flexibility index (Phi) is 50.5. The molecule has 0 radical (unpaired) electrons. The minimum atomic E-state index is -4.65. The van der Waals surface area contributed by atoms with Crippen LogP contribution in [0.3, 0.4) is 0 Å². The molecule has 0 rings (SSSR count). The summed E-state index contributed by atoms with van der Waals surface area (Å²) in [6.45, 7) is 4.10. The van der Waals surface area contributed by atoms with Crippen molar-refractivity contribution >= 4 is 19.8 Å². The molecule has 0 aromatic heterocycles. The van der Waals surface area contributed by atoms with Gasteiger partial charge in [-0.2, -0.15) is 0 Å². The molecule has 414 valence electrons. The number of quaternary nitrogens is 1. The van der Waals surface area contributed by atoms with Gasteiger partial charge >= 0.3 is 11.9 Å². The molecule has 0 N–H and O–H groups in total. The van der Waals surface area contributed by atoms with Gasteiger partial charge in [0.1, 0.15) is 19.8 Å². The molecule has 2 atom stereocenters. The SMILES string of the molecule is CC/C=C\C/C=C\C/C=C\C/C=C\C/C=C\C/C=C\CCCCCCCCCCC(=O)OC(COC(=O)CCCCCCCCCCC/C=C\C/C=C\CCCCCCC)COP(=O)([O-])OCC[N+](C)(C)C. The van der Waals surface area contributed by atoms with Gasteiger partial charge in [0.25, 0.3) is 7.82 Å². The number of hydrogen-bond donors (Lipinski definition) is 0. The van der Waals surface area contributed by atoms with Gasteiger partial charge in [-0.15, -0.1) is 0 Å². The van der Waals surface area contributed by atoms with Gasteiger partial charge in [-0.1, -0.05) is 220 Å². The van der Waals surface area contributed by atoms with E-state index in [1.807, 2.05) is 21.1 Å². The number of nitrogens with zero attached hydrogens (tertiary/aromatic N) is 1. The molecule has 0 amide bonds. The Morgan fingerprint density at radius 1 is 0.444 bits per heavy atom. The van der Waals surface area contributed by atoms with Crippen LogP contribution in [0.25, 0.3) is 0 Å². The summed E-state index contributed by atoms with van der Waals surface area (Å²) in [4.78, 5) is 37.9. The number of carbonyl (C=O) groups is 2. The Hall–Kier alpha value is -3.07. The monoisotopic (exact) mass is 1030 g/mol. The summed E-state index contributed by atoms with van der Waals surface area (Å²) in [6.07, 6.45) is 71.5. The standard InChI is InChI=1S/C62H108NO8P/c1-6-8-10-12-14-16-18-20-22-24-26-28-29-30-31-32-33-35-37-39-41-43-45-47-49-51-53-55-62(65)71-60(59-70-72(66,67)69-57-56-63(3,4)5)58-68-61(64)54-52-50-48-46-44-42-40-38-36-34-27-25-23-21-19-17-15-13-11-9-7-2/h8,10,14,16,19-22,25-28,30-31,33,35,60H,6-7,9,11-13,15,17-18,23-24,29,32,34,36-59H2,1-5H3/b10-8-,16-14-,21-19-,22-20-,27-25-,28-26-,31-30-,35-33-. The lowest BCUT2D eigenvalue weighted by Gasteiger charge is -2.28. The van der Waals surface area contributed by atoms with Gasteiger partial charge < -0.3 is 27.9 Å². The maximum Gasteiger partial charge on any atom is 0.306 e. The summed E-state index contributed by atoms with van der Waals surface area (Å²) < 4.78 is 34.2. The van der Waals surface area contributed by atoms with Crippen molar-refractivity contribution in [2.45, 2.75) is 238 Å². The molecule has 0 fully saturated rings. The van der Waals surface area contributed by atoms with Gasteiger partial charge in [0.05, 0.1) is 27.7 Å². The van der Waals surface area contributed by atoms with Crippen molar-refractivity contribution < 1.29 is 42.1 Å². The van der Waals surface area contributed by atoms with Crippen LogP contribution < -0.4 is 4.89 Å². The van der Waals surface area contributed by atoms with E-state index < -0.39 is 32.5 Å². The molecule has 0 saturated heterocycles. The Morgan fingerprint density at radius 3 is 1.18 bits per heavy atom. The highest BCUT2D eigenvalue weighted by molar-refractivity contribution is 7.45. The van der Waals surface area contributed by atoms with E-state index in [4.69, 9.17) is 18.5 Å². The van der Waals surface area contributed by atoms with Crippen molar-refractivity contribution in [2.75, 3.05) is 47.5 Å². The Labute approximate surface area is 443 Å². The van der Waals surface area contributed by atoms with Crippen molar-refractivity contribution in [1.29, 1.82) is 0 Å². The van der Waals surface area contributed by atoms with Crippen LogP contribution in [0, 0.1) is 0 Å². The summed E-state index contributed by atoms with van der Waals surface area (Å²) in [5.41, 5.74) is 0. The molecule has 0 aliphatic carbocycles. The van der Waals surface area contributed by atoms with Crippen LogP contribution in [0.2, 0.25) is 0 Å². The summed E-state index contributed by atoms with van der Waals surface area (Å²) in [6, 6.07) is 0. The number of esters is 2. The lowest BCUT2D eigenvalue weighted by molar-refractivity contribution is -0.870. The third kappa shape index (κ3) is 56.2. The first-order chi connectivity index (χ1) is 35.0. The van der Waals surface area contributed by atoms with Gasteiger partial charge in [0.15, 0.2) is 6.10 Å². The van der Waals surface area contributed by atoms with Gasteiger partial charge in [-0.05, 0) is 96.3 Å². The summed E-state index contributed by atoms with van der Waals surface area (Å²) in [5.74, 6) is -0.850. The molecule has 10 heteroatoms. The average Bonchev–Trinajstić information content (AvgIpc) is 3.34. The van der Waals surface area contributed by atoms with Crippen molar-refractivity contribution in [3.63, 3.8) is 0 Å². The summed E-state index contributed by atoms with van der Waals surface area (Å²) in [5, 5.41) is 0. The Morgan fingerprint density at radius 2 is 0.792 bits per heavy atom. The molecule has 0 saturated carbocycles. The first-order valence-electron chi connectivity index (χ1n) is 28.9. The van der Waals surface area contributed by atoms with Gasteiger partial charge in [0, 0.05) is 12.8 Å². The van der Waals surface area contributed by atoms with E-state index >= 15 is 0 Å². The van der Waals surface area contributed by atoms with Crippen LogP contribution in [0.1, 0.15) is 232 Å². The molecule has 9 nitrogen and oxygen atoms in total. The molecule has 0 aromatic rings. The lowest BCUT2D eigenvalue weighted by Crippen LogP contribution is -2.37. The molecule has 2 unspecified atom stereocenters. The minimum absolute atomic E-state index is 0.0380. The zero-order chi connectivity index (χ0) is 52.7. The number of likely N-dealkylation sites (N-methyl/N-ethyl adjacent to an activating group) is 1. The van der Waals surface area contributed by atoms with Crippen LogP contribution in [-0.2, 0) is 32.7 Å². The van der Waals surface area contributed by atoms with Crippen LogP contribution in [0.4, 0.5) is 0 Å². The van der Waals surface area contributed by atoms with Crippen LogP contribution in [0.15, 0.2) is 97.2 Å². The van der Waals surface area contributed by atoms with Crippen molar-refractivity contribution in [3.05, 3.63) is 97.2 Å². The minimum Gasteiger partial charge on any atom is -0.756 e. The first kappa shape index (κ1) is 68.9. The second kappa shape index (κ2) is 52.8. The van der Waals surface area contributed by atoms with Crippen LogP contribution in [-0.4, -0.2) is 70.0 Å². The van der Waals surface area contributed by atoms with E-state index in [9.17, 15) is 19.0 Å². The number of phosphoric acid groups is 1. The maximum absolute atomic E-state index is 12.8. The fraction of sp³-hybridized carbons (Fsp3) is 0.710. The van der Waals surface area contributed by atoms with Gasteiger partial charge in [-0.3, -0.25) is 14.2 Å². The number of phosphoric ester groups is 1. The molecular weight excluding hydrogens is 918 g/mol. The number of unbranched alkanes of at least 4 members (excludes halogenated alkanes) is 22. The number of ether oxygens (including phenoxy) is 2. The Balaban J connectivity index is 4.23. The lowest BCUT2D eigenvalue weighted by atomic mass is 10.1. The normalized spacial score (nSPS) is 14.0. The number of rotatable bonds is 52. The number of carbonyl (C=O) groups excluding carboxylic acids is 2. The van der Waals surface area contributed by atoms with E-state index in [1.165, 1.54) is 96.3 Å². The van der Waals surface area contributed by atoms with E-state index in [1.54, 1.807) is 0 Å². The zero-order valence-corrected chi connectivity index (χ0v) is 47.7. The zero-order valence-electron chi connectivity index (χ0n) is 46.8. The second-order valence-corrected chi connectivity index (χ2v) is 21.7. The third-order valence-corrected chi connectivity index (χ3v) is 13.1. The fourth-order valence-electron chi connectivity index (χ4n) is 7.63. The highest BCUT2D eigenvalue weighted by atomic mass is 31.2. The highest BCUT2D eigenvalue weighted by Gasteiger charge is 2.21. The molecule has 0 aliphatic heterocycles. The summed E-state index contributed by atoms with van der Waals surface area (Å²) >= 11 is 0. The largest absolute Gasteiger partial charge is 0.756 e. The van der Waals surface area contributed by atoms with Crippen LogP contribution >= 0.6 is 7.82 Å². The first-order valence-corrected chi connectivity index (χ1v) is 30.4. The van der Waals surface area contributed by atoms with Gasteiger partial charge in [0.2, 0.25) is 0 Å². The molecular formula is C62H108NO8P. The molecule has 0 bridgehead atoms. The molecule has 0 spiro atoms. The highest BCUT2D eigenvalue weighted by Crippen LogP contribution is 2.38. The number of allylic oxidation sites excluding steroid dienone is 16. The van der Waals surface area contributed by atoms with E-state index in [-0.39, 0.29) is 26.1 Å². The molecule has 0 aliphatic rings. The van der Waals surface area contributed by atoms with Crippen LogP contribution in [0.5, 0.6) is 0 Å². The maximum atomic E-state index is 12.8. The molecule has 0 heterocycles. The van der Waals surface area contributed by atoms with Crippen molar-refractivity contribution in [1.82, 2.24) is 0 Å². The second-order valence-electron chi connectivity index (χ2n) is 20.3. The van der Waals surface area contributed by atoms with E-state index in [0.717, 1.165) is 103 Å². The quantitative estimate of drug-likeness (QED) is 0.0195. The van der Waals surface area contributed by atoms with E-state index in [2.05, 4.69) is 111 Å². The number of hydrogen-bond acceptors (Lipinski definition) is 8. The summed E-state index contributed by atoms with van der Waals surface area (Å²) in [7, 11) is 1.15. The van der Waals surface area contributed by atoms with Crippen molar-refractivity contribution in [3.8, 4) is 0 Å².